The van der Waals surface area contributed by atoms with Gasteiger partial charge >= 0.3 is 0 Å². The SMILES string of the molecule is Cc1ccc(C(C)C)c(OCC(=O)N/N=C/c2ccc(Br)cc2)c1. The summed E-state index contributed by atoms with van der Waals surface area (Å²) in [6.45, 7) is 6.13. The van der Waals surface area contributed by atoms with Gasteiger partial charge in [0.1, 0.15) is 5.75 Å². The Morgan fingerprint density at radius 2 is 1.96 bits per heavy atom. The van der Waals surface area contributed by atoms with Gasteiger partial charge in [-0.1, -0.05) is 54.0 Å². The summed E-state index contributed by atoms with van der Waals surface area (Å²) in [6, 6.07) is 13.7. The van der Waals surface area contributed by atoms with Gasteiger partial charge in [-0.15, -0.1) is 0 Å². The monoisotopic (exact) mass is 388 g/mol. The van der Waals surface area contributed by atoms with E-state index in [4.69, 9.17) is 4.74 Å². The van der Waals surface area contributed by atoms with E-state index >= 15 is 0 Å². The highest BCUT2D eigenvalue weighted by Crippen LogP contribution is 2.27. The second-order valence-electron chi connectivity index (χ2n) is 5.83. The van der Waals surface area contributed by atoms with Crippen LogP contribution in [-0.4, -0.2) is 18.7 Å². The molecule has 0 aliphatic heterocycles. The maximum Gasteiger partial charge on any atom is 0.277 e. The highest BCUT2D eigenvalue weighted by molar-refractivity contribution is 9.10. The maximum absolute atomic E-state index is 11.9. The molecule has 2 rings (SSSR count). The largest absolute Gasteiger partial charge is 0.483 e. The van der Waals surface area contributed by atoms with Crippen molar-refractivity contribution in [1.29, 1.82) is 0 Å². The number of hydrogen-bond donors (Lipinski definition) is 1. The van der Waals surface area contributed by atoms with Crippen molar-refractivity contribution in [3.63, 3.8) is 0 Å². The Bertz CT molecular complexity index is 725. The van der Waals surface area contributed by atoms with Crippen LogP contribution in [0.1, 0.15) is 36.5 Å². The summed E-state index contributed by atoms with van der Waals surface area (Å²) in [7, 11) is 0. The zero-order chi connectivity index (χ0) is 17.5. The van der Waals surface area contributed by atoms with E-state index in [9.17, 15) is 4.79 Å². The van der Waals surface area contributed by atoms with E-state index in [-0.39, 0.29) is 12.5 Å². The number of hydrogen-bond acceptors (Lipinski definition) is 3. The maximum atomic E-state index is 11.9. The average molecular weight is 389 g/mol. The van der Waals surface area contributed by atoms with E-state index in [0.717, 1.165) is 26.9 Å². The van der Waals surface area contributed by atoms with Gasteiger partial charge in [0.15, 0.2) is 6.61 Å². The van der Waals surface area contributed by atoms with Gasteiger partial charge in [-0.3, -0.25) is 4.79 Å². The highest BCUT2D eigenvalue weighted by Gasteiger charge is 2.09. The van der Waals surface area contributed by atoms with Gasteiger partial charge < -0.3 is 4.74 Å². The number of nitrogens with zero attached hydrogens (tertiary/aromatic N) is 1. The first-order chi connectivity index (χ1) is 11.5. The predicted octanol–water partition coefficient (Wildman–Crippen LogP) is 4.41. The lowest BCUT2D eigenvalue weighted by Crippen LogP contribution is -2.25. The number of hydrazone groups is 1. The number of aryl methyl sites for hydroxylation is 1. The van der Waals surface area contributed by atoms with Crippen LogP contribution in [0.2, 0.25) is 0 Å². The van der Waals surface area contributed by atoms with E-state index in [2.05, 4.69) is 40.3 Å². The molecule has 2 aromatic carbocycles. The van der Waals surface area contributed by atoms with Crippen LogP contribution in [0.3, 0.4) is 0 Å². The summed E-state index contributed by atoms with van der Waals surface area (Å²) < 4.78 is 6.66. The van der Waals surface area contributed by atoms with Crippen LogP contribution in [0, 0.1) is 6.92 Å². The molecule has 0 unspecified atom stereocenters. The molecule has 0 heterocycles. The smallest absolute Gasteiger partial charge is 0.277 e. The second-order valence-corrected chi connectivity index (χ2v) is 6.75. The van der Waals surface area contributed by atoms with Crippen molar-refractivity contribution in [2.45, 2.75) is 26.7 Å². The third-order valence-corrected chi connectivity index (χ3v) is 3.95. The topological polar surface area (TPSA) is 50.7 Å². The Kier molecular flexibility index (Phi) is 6.55. The summed E-state index contributed by atoms with van der Waals surface area (Å²) in [4.78, 5) is 11.9. The fraction of sp³-hybridized carbons (Fsp3) is 0.263. The molecule has 5 heteroatoms. The Balaban J connectivity index is 1.89. The molecular weight excluding hydrogens is 368 g/mol. The molecule has 0 radical (unpaired) electrons. The van der Waals surface area contributed by atoms with Gasteiger partial charge in [0.05, 0.1) is 6.21 Å². The number of rotatable bonds is 6. The number of ether oxygens (including phenoxy) is 1. The van der Waals surface area contributed by atoms with E-state index in [1.807, 2.05) is 49.4 Å². The van der Waals surface area contributed by atoms with Gasteiger partial charge in [-0.25, -0.2) is 5.43 Å². The molecule has 126 valence electrons. The number of carbonyl (C=O) groups is 1. The summed E-state index contributed by atoms with van der Waals surface area (Å²) in [5, 5.41) is 3.94. The van der Waals surface area contributed by atoms with Crippen molar-refractivity contribution in [2.75, 3.05) is 6.61 Å². The Labute approximate surface area is 151 Å². The molecule has 0 aromatic heterocycles. The van der Waals surface area contributed by atoms with E-state index in [0.29, 0.717) is 5.92 Å². The lowest BCUT2D eigenvalue weighted by atomic mass is 10.0. The quantitative estimate of drug-likeness (QED) is 0.588. The Morgan fingerprint density at radius 1 is 1.25 bits per heavy atom. The molecule has 0 atom stereocenters. The first kappa shape index (κ1) is 18.2. The van der Waals surface area contributed by atoms with Gasteiger partial charge in [0.2, 0.25) is 0 Å². The molecule has 0 saturated heterocycles. The van der Waals surface area contributed by atoms with E-state index < -0.39 is 0 Å². The first-order valence-corrected chi connectivity index (χ1v) is 8.56. The normalized spacial score (nSPS) is 11.0. The third kappa shape index (κ3) is 5.49. The van der Waals surface area contributed by atoms with Gasteiger partial charge in [-0.2, -0.15) is 5.10 Å². The number of nitrogens with one attached hydrogen (secondary N) is 1. The molecule has 0 aliphatic carbocycles. The van der Waals surface area contributed by atoms with E-state index in [1.165, 1.54) is 0 Å². The van der Waals surface area contributed by atoms with Gasteiger partial charge in [0, 0.05) is 4.47 Å². The van der Waals surface area contributed by atoms with Crippen molar-refractivity contribution in [3.05, 3.63) is 63.6 Å². The standard InChI is InChI=1S/C19H21BrN2O2/c1-13(2)17-9-4-14(3)10-18(17)24-12-19(23)22-21-11-15-5-7-16(20)8-6-15/h4-11,13H,12H2,1-3H3,(H,22,23)/b21-11+. The number of amides is 1. The molecule has 1 N–H and O–H groups in total. The van der Waals surface area contributed by atoms with Gasteiger partial charge in [-0.05, 0) is 47.7 Å². The number of halogens is 1. The summed E-state index contributed by atoms with van der Waals surface area (Å²) in [6.07, 6.45) is 1.59. The molecule has 0 aliphatic rings. The average Bonchev–Trinajstić information content (AvgIpc) is 2.54. The van der Waals surface area contributed by atoms with Crippen LogP contribution < -0.4 is 10.2 Å². The van der Waals surface area contributed by atoms with Crippen molar-refractivity contribution >= 4 is 28.1 Å². The minimum atomic E-state index is -0.292. The molecule has 2 aromatic rings. The zero-order valence-electron chi connectivity index (χ0n) is 14.0. The van der Waals surface area contributed by atoms with Crippen molar-refractivity contribution in [2.24, 2.45) is 5.10 Å². The molecule has 1 amide bonds. The molecule has 0 bridgehead atoms. The van der Waals surface area contributed by atoms with Crippen molar-refractivity contribution < 1.29 is 9.53 Å². The molecule has 0 fully saturated rings. The Hall–Kier alpha value is -2.14. The van der Waals surface area contributed by atoms with Crippen LogP contribution in [-0.2, 0) is 4.79 Å². The number of carbonyl (C=O) groups excluding carboxylic acids is 1. The highest BCUT2D eigenvalue weighted by atomic mass is 79.9. The summed E-state index contributed by atoms with van der Waals surface area (Å²) in [5.41, 5.74) is 5.57. The second kappa shape index (κ2) is 8.64. The zero-order valence-corrected chi connectivity index (χ0v) is 15.6. The lowest BCUT2D eigenvalue weighted by Gasteiger charge is -2.14. The summed E-state index contributed by atoms with van der Waals surface area (Å²) >= 11 is 3.37. The van der Waals surface area contributed by atoms with Crippen LogP contribution >= 0.6 is 15.9 Å². The summed E-state index contributed by atoms with van der Waals surface area (Å²) in [5.74, 6) is 0.788. The Morgan fingerprint density at radius 3 is 2.62 bits per heavy atom. The van der Waals surface area contributed by atoms with Crippen molar-refractivity contribution in [3.8, 4) is 5.75 Å². The molecule has 24 heavy (non-hydrogen) atoms. The fourth-order valence-electron chi connectivity index (χ4n) is 2.15. The fourth-order valence-corrected chi connectivity index (χ4v) is 2.41. The van der Waals surface area contributed by atoms with Crippen LogP contribution in [0.15, 0.2) is 52.0 Å². The molecule has 0 saturated carbocycles. The first-order valence-electron chi connectivity index (χ1n) is 7.76. The molecule has 0 spiro atoms. The van der Waals surface area contributed by atoms with Gasteiger partial charge in [0.25, 0.3) is 5.91 Å². The number of benzene rings is 2. The minimum absolute atomic E-state index is 0.0686. The van der Waals surface area contributed by atoms with Crippen LogP contribution in [0.25, 0.3) is 0 Å². The van der Waals surface area contributed by atoms with Crippen molar-refractivity contribution in [1.82, 2.24) is 5.43 Å². The van der Waals surface area contributed by atoms with Crippen LogP contribution in [0.5, 0.6) is 5.75 Å². The van der Waals surface area contributed by atoms with E-state index in [1.54, 1.807) is 6.21 Å². The molecular formula is C19H21BrN2O2. The van der Waals surface area contributed by atoms with Crippen LogP contribution in [0.4, 0.5) is 0 Å². The lowest BCUT2D eigenvalue weighted by molar-refractivity contribution is -0.123. The third-order valence-electron chi connectivity index (χ3n) is 3.42. The predicted molar refractivity (Wildman–Crippen MR) is 101 cm³/mol. The molecule has 4 nitrogen and oxygen atoms in total. The minimum Gasteiger partial charge on any atom is -0.483 e.